The van der Waals surface area contributed by atoms with Gasteiger partial charge in [-0.1, -0.05) is 13.0 Å². The van der Waals surface area contributed by atoms with Crippen LogP contribution in [0.3, 0.4) is 0 Å². The van der Waals surface area contributed by atoms with E-state index >= 15 is 0 Å². The van der Waals surface area contributed by atoms with E-state index in [4.69, 9.17) is 9.22 Å². The summed E-state index contributed by atoms with van der Waals surface area (Å²) in [5.74, 6) is -1.26. The van der Waals surface area contributed by atoms with Crippen LogP contribution >= 0.6 is 12.0 Å². The van der Waals surface area contributed by atoms with E-state index in [9.17, 15) is 36.2 Å². The molecule has 0 atom stereocenters. The minimum atomic E-state index is -4.96. The molecule has 3 aromatic carbocycles. The van der Waals surface area contributed by atoms with Gasteiger partial charge in [0, 0.05) is 10.3 Å². The lowest BCUT2D eigenvalue weighted by Crippen LogP contribution is -2.00. The topological polar surface area (TPSA) is 192 Å². The highest BCUT2D eigenvalue weighted by atomic mass is 32.2. The normalized spacial score (nSPS) is 12.6. The summed E-state index contributed by atoms with van der Waals surface area (Å²) in [5, 5.41) is 28.2. The monoisotopic (exact) mass is 530 g/mol. The molecule has 0 spiro atoms. The van der Waals surface area contributed by atoms with Gasteiger partial charge in [-0.2, -0.15) is 21.2 Å². The van der Waals surface area contributed by atoms with Crippen LogP contribution in [-0.4, -0.2) is 42.8 Å². The quantitative estimate of drug-likeness (QED) is 0.0758. The molecule has 0 bridgehead atoms. The van der Waals surface area contributed by atoms with E-state index in [0.29, 0.717) is 11.5 Å². The molecule has 3 aromatic rings. The Kier molecular flexibility index (Phi) is 7.77. The molecule has 12 nitrogen and oxygen atoms in total. The van der Waals surface area contributed by atoms with Gasteiger partial charge >= 0.3 is 0 Å². The van der Waals surface area contributed by atoms with E-state index < -0.39 is 41.5 Å². The molecule has 0 aliphatic heterocycles. The molecule has 0 amide bonds. The van der Waals surface area contributed by atoms with Crippen LogP contribution in [0, 0.1) is 0 Å². The fraction of sp³-hybridized carbons (Fsp3) is 0.158. The van der Waals surface area contributed by atoms with Crippen LogP contribution in [-0.2, 0) is 29.5 Å². The minimum Gasteiger partial charge on any atom is -0.506 e. The molecule has 0 aliphatic carbocycles. The summed E-state index contributed by atoms with van der Waals surface area (Å²) in [6, 6.07) is 8.09. The number of hydrogen-bond donors (Lipinski definition) is 4. The van der Waals surface area contributed by atoms with Gasteiger partial charge in [0.05, 0.1) is 23.5 Å². The maximum Gasteiger partial charge on any atom is 0.298 e. The lowest BCUT2D eigenvalue weighted by molar-refractivity contribution is -0.190. The van der Waals surface area contributed by atoms with E-state index in [1.54, 1.807) is 0 Å². The minimum absolute atomic E-state index is 0.0439. The zero-order chi connectivity index (χ0) is 25.1. The highest BCUT2D eigenvalue weighted by Gasteiger charge is 2.23. The summed E-state index contributed by atoms with van der Waals surface area (Å²) in [4.78, 5) is 3.86. The summed E-state index contributed by atoms with van der Waals surface area (Å²) >= 11 is 0.843. The SMILES string of the molecule is CCCOOSc1ccc(O)c(N=Nc2c(O)c(S(=O)(=O)O)cc3cc(S(=O)(=O)O)ccc23)c1. The van der Waals surface area contributed by atoms with E-state index in [0.717, 1.165) is 42.7 Å². The number of phenols is 2. The number of rotatable bonds is 9. The number of azo groups is 1. The first-order chi connectivity index (χ1) is 15.9. The Morgan fingerprint density at radius 1 is 0.941 bits per heavy atom. The fourth-order valence-corrected chi connectivity index (χ4v) is 4.32. The lowest BCUT2D eigenvalue weighted by Gasteiger charge is -2.10. The number of hydrogen-bond acceptors (Lipinski definition) is 11. The predicted molar refractivity (Wildman–Crippen MR) is 121 cm³/mol. The Labute approximate surface area is 198 Å². The summed E-state index contributed by atoms with van der Waals surface area (Å²) in [5.41, 5.74) is -0.518. The molecule has 0 radical (unpaired) electrons. The number of fused-ring (bicyclic) bond motifs is 1. The van der Waals surface area contributed by atoms with Crippen molar-refractivity contribution >= 4 is 54.4 Å². The Morgan fingerprint density at radius 3 is 2.32 bits per heavy atom. The van der Waals surface area contributed by atoms with Gasteiger partial charge in [0.1, 0.15) is 22.0 Å². The second-order valence-electron chi connectivity index (χ2n) is 6.73. The fourth-order valence-electron chi connectivity index (χ4n) is 2.71. The average Bonchev–Trinajstić information content (AvgIpc) is 2.75. The van der Waals surface area contributed by atoms with Crippen LogP contribution in [0.2, 0.25) is 0 Å². The zero-order valence-corrected chi connectivity index (χ0v) is 19.8. The molecule has 3 rings (SSSR count). The molecule has 0 heterocycles. The molecular weight excluding hydrogens is 512 g/mol. The third kappa shape index (κ3) is 6.01. The van der Waals surface area contributed by atoms with Crippen molar-refractivity contribution in [3.63, 3.8) is 0 Å². The molecule has 15 heteroatoms. The van der Waals surface area contributed by atoms with Crippen molar-refractivity contribution in [1.82, 2.24) is 0 Å². The van der Waals surface area contributed by atoms with Crippen LogP contribution < -0.4 is 0 Å². The molecule has 34 heavy (non-hydrogen) atoms. The van der Waals surface area contributed by atoms with E-state index in [1.165, 1.54) is 18.2 Å². The van der Waals surface area contributed by atoms with Gasteiger partial charge in [-0.15, -0.1) is 10.2 Å². The van der Waals surface area contributed by atoms with E-state index in [-0.39, 0.29) is 22.2 Å². The van der Waals surface area contributed by atoms with E-state index in [2.05, 4.69) is 10.2 Å². The van der Waals surface area contributed by atoms with Gasteiger partial charge in [-0.3, -0.25) is 9.11 Å². The smallest absolute Gasteiger partial charge is 0.298 e. The Morgan fingerprint density at radius 2 is 1.68 bits per heavy atom. The average molecular weight is 531 g/mol. The molecular formula is C19H18N2O10S3. The maximum atomic E-state index is 11.7. The van der Waals surface area contributed by atoms with Crippen LogP contribution in [0.4, 0.5) is 11.4 Å². The number of phenolic OH excluding ortho intramolecular Hbond substituents is 2. The van der Waals surface area contributed by atoms with Gasteiger partial charge in [0.15, 0.2) is 5.75 Å². The summed E-state index contributed by atoms with van der Waals surface area (Å²) in [6.07, 6.45) is 0.738. The van der Waals surface area contributed by atoms with Crippen LogP contribution in [0.5, 0.6) is 11.5 Å². The number of nitrogens with zero attached hydrogens (tertiary/aromatic N) is 2. The second-order valence-corrected chi connectivity index (χ2v) is 10.3. The van der Waals surface area contributed by atoms with Crippen LogP contribution in [0.15, 0.2) is 67.4 Å². The highest BCUT2D eigenvalue weighted by Crippen LogP contribution is 2.42. The Bertz CT molecular complexity index is 1470. The van der Waals surface area contributed by atoms with Crippen molar-refractivity contribution in [1.29, 1.82) is 0 Å². The van der Waals surface area contributed by atoms with Crippen molar-refractivity contribution in [2.75, 3.05) is 6.61 Å². The number of benzene rings is 3. The van der Waals surface area contributed by atoms with E-state index in [1.807, 2.05) is 6.92 Å². The molecule has 182 valence electrons. The van der Waals surface area contributed by atoms with Crippen LogP contribution in [0.25, 0.3) is 10.8 Å². The van der Waals surface area contributed by atoms with Gasteiger partial charge in [-0.25, -0.2) is 4.89 Å². The van der Waals surface area contributed by atoms with Crippen molar-refractivity contribution in [3.8, 4) is 11.5 Å². The second kappa shape index (κ2) is 10.2. The Hall–Kier alpha value is -2.79. The van der Waals surface area contributed by atoms with Crippen molar-refractivity contribution in [2.24, 2.45) is 10.2 Å². The number of aromatic hydroxyl groups is 2. The lowest BCUT2D eigenvalue weighted by atomic mass is 10.1. The third-order valence-corrected chi connectivity index (χ3v) is 6.60. The van der Waals surface area contributed by atoms with Gasteiger partial charge < -0.3 is 10.2 Å². The molecule has 0 unspecified atom stereocenters. The zero-order valence-electron chi connectivity index (χ0n) is 17.3. The maximum absolute atomic E-state index is 11.7. The molecule has 0 saturated carbocycles. The first kappa shape index (κ1) is 25.8. The van der Waals surface area contributed by atoms with Crippen molar-refractivity contribution in [3.05, 3.63) is 42.5 Å². The van der Waals surface area contributed by atoms with Crippen LogP contribution in [0.1, 0.15) is 13.3 Å². The first-order valence-corrected chi connectivity index (χ1v) is 13.0. The molecule has 0 saturated heterocycles. The van der Waals surface area contributed by atoms with Gasteiger partial charge in [-0.05, 0) is 48.2 Å². The third-order valence-electron chi connectivity index (χ3n) is 4.27. The van der Waals surface area contributed by atoms with Crippen molar-refractivity contribution in [2.45, 2.75) is 28.0 Å². The van der Waals surface area contributed by atoms with Gasteiger partial charge in [0.25, 0.3) is 20.2 Å². The van der Waals surface area contributed by atoms with Gasteiger partial charge in [0.2, 0.25) is 0 Å². The summed E-state index contributed by atoms with van der Waals surface area (Å²) < 4.78 is 70.1. The first-order valence-electron chi connectivity index (χ1n) is 9.37. The summed E-state index contributed by atoms with van der Waals surface area (Å²) in [6.45, 7) is 2.26. The molecule has 0 aromatic heterocycles. The Balaban J connectivity index is 2.11. The standard InChI is InChI=1S/C19H18N2O10S3/c1-2-7-30-31-32-12-3-6-16(22)15(10-12)20-21-18-14-5-4-13(33(24,25)26)8-11(14)9-17(19(18)23)34(27,28)29/h3-6,8-10,22-23H,2,7H2,1H3,(H,24,25,26)(H,27,28,29). The molecule has 0 fully saturated rings. The predicted octanol–water partition coefficient (Wildman–Crippen LogP) is 4.53. The summed E-state index contributed by atoms with van der Waals surface area (Å²) in [7, 11) is -9.58. The molecule has 0 aliphatic rings. The molecule has 4 N–H and O–H groups in total. The highest BCUT2D eigenvalue weighted by molar-refractivity contribution is 7.94. The largest absolute Gasteiger partial charge is 0.506 e. The van der Waals surface area contributed by atoms with Crippen molar-refractivity contribution < 1.29 is 45.4 Å².